The fourth-order valence-electron chi connectivity index (χ4n) is 3.52. The van der Waals surface area contributed by atoms with E-state index in [2.05, 4.69) is 4.90 Å². The average Bonchev–Trinajstić information content (AvgIpc) is 3.19. The molecule has 0 saturated carbocycles. The van der Waals surface area contributed by atoms with E-state index in [-0.39, 0.29) is 24.7 Å². The van der Waals surface area contributed by atoms with E-state index in [9.17, 15) is 14.3 Å². The summed E-state index contributed by atoms with van der Waals surface area (Å²) in [5, 5.41) is 10.7. The summed E-state index contributed by atoms with van der Waals surface area (Å²) in [5.74, 6) is -0.313. The second-order valence-electron chi connectivity index (χ2n) is 6.80. The molecule has 24 heavy (non-hydrogen) atoms. The average molecular weight is 336 g/mol. The molecular formula is C18H25FN2O3. The van der Waals surface area contributed by atoms with Gasteiger partial charge in [-0.3, -0.25) is 4.79 Å². The Labute approximate surface area is 142 Å². The molecule has 0 aliphatic carbocycles. The molecule has 1 N–H and O–H groups in total. The van der Waals surface area contributed by atoms with Gasteiger partial charge >= 0.3 is 0 Å². The predicted octanol–water partition coefficient (Wildman–Crippen LogP) is 1.65. The maximum Gasteiger partial charge on any atom is 0.226 e. The fraction of sp³-hybridized carbons (Fsp3) is 0.611. The minimum Gasteiger partial charge on any atom is -0.490 e. The largest absolute Gasteiger partial charge is 0.490 e. The van der Waals surface area contributed by atoms with Gasteiger partial charge in [-0.25, -0.2) is 4.39 Å². The van der Waals surface area contributed by atoms with Gasteiger partial charge in [0.2, 0.25) is 5.91 Å². The molecule has 132 valence electrons. The number of halogens is 1. The van der Waals surface area contributed by atoms with E-state index in [1.54, 1.807) is 23.1 Å². The molecule has 2 aliphatic rings. The van der Waals surface area contributed by atoms with E-state index in [0.29, 0.717) is 26.1 Å². The first-order valence-corrected chi connectivity index (χ1v) is 8.66. The zero-order valence-corrected chi connectivity index (χ0v) is 13.9. The van der Waals surface area contributed by atoms with Crippen LogP contribution in [0.25, 0.3) is 0 Å². The smallest absolute Gasteiger partial charge is 0.226 e. The lowest BCUT2D eigenvalue weighted by molar-refractivity contribution is -0.131. The van der Waals surface area contributed by atoms with Crippen molar-refractivity contribution in [2.45, 2.75) is 31.3 Å². The molecule has 1 amide bonds. The summed E-state index contributed by atoms with van der Waals surface area (Å²) in [5.41, 5.74) is -0.799. The van der Waals surface area contributed by atoms with Crippen molar-refractivity contribution in [2.24, 2.45) is 0 Å². The molecule has 1 aromatic rings. The van der Waals surface area contributed by atoms with Gasteiger partial charge in [0.1, 0.15) is 0 Å². The Bertz CT molecular complexity index is 577. The second kappa shape index (κ2) is 7.49. The minimum absolute atomic E-state index is 0.0521. The van der Waals surface area contributed by atoms with Crippen LogP contribution in [0, 0.1) is 5.82 Å². The van der Waals surface area contributed by atoms with Crippen molar-refractivity contribution in [3.05, 3.63) is 30.1 Å². The maximum absolute atomic E-state index is 13.5. The lowest BCUT2D eigenvalue weighted by Gasteiger charge is -2.28. The topological polar surface area (TPSA) is 53.0 Å². The highest BCUT2D eigenvalue weighted by atomic mass is 19.1. The SMILES string of the molecule is O=C(CCOc1ccccc1F)N1CC[C@@](O)(CN2CCCC2)C1. The van der Waals surface area contributed by atoms with Gasteiger partial charge in [0.25, 0.3) is 0 Å². The third kappa shape index (κ3) is 4.24. The molecule has 1 atom stereocenters. The van der Waals surface area contributed by atoms with E-state index in [1.807, 2.05) is 0 Å². The van der Waals surface area contributed by atoms with Crippen LogP contribution in [-0.4, -0.2) is 65.7 Å². The van der Waals surface area contributed by atoms with E-state index in [0.717, 1.165) is 13.1 Å². The van der Waals surface area contributed by atoms with Crippen LogP contribution in [0.2, 0.25) is 0 Å². The molecule has 0 unspecified atom stereocenters. The number of benzene rings is 1. The van der Waals surface area contributed by atoms with Gasteiger partial charge in [-0.1, -0.05) is 12.1 Å². The van der Waals surface area contributed by atoms with Crippen molar-refractivity contribution in [1.29, 1.82) is 0 Å². The number of carbonyl (C=O) groups excluding carboxylic acids is 1. The molecule has 2 heterocycles. The zero-order chi connectivity index (χ0) is 17.0. The summed E-state index contributed by atoms with van der Waals surface area (Å²) in [4.78, 5) is 16.2. The van der Waals surface area contributed by atoms with Gasteiger partial charge < -0.3 is 19.6 Å². The molecule has 2 fully saturated rings. The number of ether oxygens (including phenoxy) is 1. The number of hydrogen-bond donors (Lipinski definition) is 1. The van der Waals surface area contributed by atoms with Crippen molar-refractivity contribution in [1.82, 2.24) is 9.80 Å². The Morgan fingerprint density at radius 1 is 1.25 bits per heavy atom. The molecule has 0 spiro atoms. The quantitative estimate of drug-likeness (QED) is 0.858. The van der Waals surface area contributed by atoms with Crippen molar-refractivity contribution in [3.8, 4) is 5.75 Å². The number of hydrogen-bond acceptors (Lipinski definition) is 4. The third-order valence-corrected chi connectivity index (χ3v) is 4.81. The van der Waals surface area contributed by atoms with Crippen molar-refractivity contribution >= 4 is 5.91 Å². The first-order chi connectivity index (χ1) is 11.6. The Balaban J connectivity index is 1.43. The Kier molecular flexibility index (Phi) is 5.36. The van der Waals surface area contributed by atoms with Crippen LogP contribution in [0.4, 0.5) is 4.39 Å². The monoisotopic (exact) mass is 336 g/mol. The molecule has 2 saturated heterocycles. The number of carbonyl (C=O) groups is 1. The van der Waals surface area contributed by atoms with E-state index in [1.165, 1.54) is 18.9 Å². The highest BCUT2D eigenvalue weighted by Crippen LogP contribution is 2.25. The first-order valence-electron chi connectivity index (χ1n) is 8.66. The van der Waals surface area contributed by atoms with Gasteiger partial charge in [-0.05, 0) is 44.5 Å². The molecule has 3 rings (SSSR count). The van der Waals surface area contributed by atoms with Crippen LogP contribution in [0.1, 0.15) is 25.7 Å². The molecule has 0 aromatic heterocycles. The first kappa shape index (κ1) is 17.2. The maximum atomic E-state index is 13.5. The number of amides is 1. The van der Waals surface area contributed by atoms with Gasteiger partial charge in [0, 0.05) is 13.1 Å². The number of rotatable bonds is 6. The molecule has 5 nitrogen and oxygen atoms in total. The standard InChI is InChI=1S/C18H25FN2O3/c19-15-5-1-2-6-16(15)24-12-7-17(22)21-11-8-18(23,14-21)13-20-9-3-4-10-20/h1-2,5-6,23H,3-4,7-14H2/t18-/m1/s1. The molecule has 0 bridgehead atoms. The van der Waals surface area contributed by atoms with Gasteiger partial charge in [-0.15, -0.1) is 0 Å². The lowest BCUT2D eigenvalue weighted by Crippen LogP contribution is -2.45. The van der Waals surface area contributed by atoms with Gasteiger partial charge in [0.05, 0.1) is 25.2 Å². The summed E-state index contributed by atoms with van der Waals surface area (Å²) in [6, 6.07) is 6.17. The number of aliphatic hydroxyl groups is 1. The van der Waals surface area contributed by atoms with E-state index in [4.69, 9.17) is 4.74 Å². The summed E-state index contributed by atoms with van der Waals surface area (Å²) in [6.45, 7) is 3.80. The molecule has 6 heteroatoms. The van der Waals surface area contributed by atoms with Crippen LogP contribution < -0.4 is 4.74 Å². The van der Waals surface area contributed by atoms with Crippen molar-refractivity contribution in [3.63, 3.8) is 0 Å². The van der Waals surface area contributed by atoms with Gasteiger partial charge in [-0.2, -0.15) is 0 Å². The number of likely N-dealkylation sites (tertiary alicyclic amines) is 2. The van der Waals surface area contributed by atoms with Crippen LogP contribution in [0.3, 0.4) is 0 Å². The lowest BCUT2D eigenvalue weighted by atomic mass is 10.0. The van der Waals surface area contributed by atoms with Crippen molar-refractivity contribution in [2.75, 3.05) is 39.3 Å². The Hall–Kier alpha value is -1.66. The fourth-order valence-corrected chi connectivity index (χ4v) is 3.52. The summed E-state index contributed by atoms with van der Waals surface area (Å²) >= 11 is 0. The van der Waals surface area contributed by atoms with E-state index >= 15 is 0 Å². The Morgan fingerprint density at radius 3 is 2.75 bits per heavy atom. The summed E-state index contributed by atoms with van der Waals surface area (Å²) in [6.07, 6.45) is 3.18. The van der Waals surface area contributed by atoms with E-state index < -0.39 is 11.4 Å². The number of para-hydroxylation sites is 1. The predicted molar refractivity (Wildman–Crippen MR) is 88.3 cm³/mol. The van der Waals surface area contributed by atoms with Crippen LogP contribution in [0.5, 0.6) is 5.75 Å². The second-order valence-corrected chi connectivity index (χ2v) is 6.80. The minimum atomic E-state index is -0.799. The molecule has 1 aromatic carbocycles. The van der Waals surface area contributed by atoms with Crippen molar-refractivity contribution < 1.29 is 19.0 Å². The summed E-state index contributed by atoms with van der Waals surface area (Å²) < 4.78 is 18.8. The third-order valence-electron chi connectivity index (χ3n) is 4.81. The highest BCUT2D eigenvalue weighted by molar-refractivity contribution is 5.76. The zero-order valence-electron chi connectivity index (χ0n) is 13.9. The molecular weight excluding hydrogens is 311 g/mol. The summed E-state index contributed by atoms with van der Waals surface area (Å²) in [7, 11) is 0. The Morgan fingerprint density at radius 2 is 2.00 bits per heavy atom. The normalized spacial score (nSPS) is 24.5. The van der Waals surface area contributed by atoms with Crippen LogP contribution >= 0.6 is 0 Å². The van der Waals surface area contributed by atoms with Gasteiger partial charge in [0.15, 0.2) is 11.6 Å². The number of nitrogens with zero attached hydrogens (tertiary/aromatic N) is 2. The van der Waals surface area contributed by atoms with Crippen LogP contribution in [0.15, 0.2) is 24.3 Å². The molecule has 0 radical (unpaired) electrons. The molecule has 2 aliphatic heterocycles. The highest BCUT2D eigenvalue weighted by Gasteiger charge is 2.39. The number of β-amino-alcohol motifs (C(OH)–C–C–N with tert-alkyl or cyclic N) is 1. The van der Waals surface area contributed by atoms with Crippen LogP contribution in [-0.2, 0) is 4.79 Å².